The predicted octanol–water partition coefficient (Wildman–Crippen LogP) is 2.51. The normalized spacial score (nSPS) is 27.4. The number of rotatable bonds is 1. The van der Waals surface area contributed by atoms with Gasteiger partial charge in [0.25, 0.3) is 0 Å². The zero-order valence-corrected chi connectivity index (χ0v) is 10.5. The Balaban J connectivity index is 1.92. The molecule has 94 valence electrons. The zero-order chi connectivity index (χ0) is 12.4. The van der Waals surface area contributed by atoms with Crippen molar-refractivity contribution < 1.29 is 0 Å². The summed E-state index contributed by atoms with van der Waals surface area (Å²) in [6, 6.07) is 4.60. The fraction of sp³-hybridized carbons (Fsp3) is 0.643. The van der Waals surface area contributed by atoms with Crippen LogP contribution in [0, 0.1) is 17.2 Å². The molecule has 4 nitrogen and oxygen atoms in total. The van der Waals surface area contributed by atoms with Crippen LogP contribution in [0.5, 0.6) is 0 Å². The average molecular weight is 242 g/mol. The molecule has 0 bridgehead atoms. The Morgan fingerprint density at radius 1 is 1.22 bits per heavy atom. The maximum atomic E-state index is 9.20. The Bertz CT molecular complexity index is 463. The van der Waals surface area contributed by atoms with E-state index in [2.05, 4.69) is 21.2 Å². The van der Waals surface area contributed by atoms with Crippen molar-refractivity contribution in [1.82, 2.24) is 10.2 Å². The molecule has 18 heavy (non-hydrogen) atoms. The van der Waals surface area contributed by atoms with E-state index in [1.807, 2.05) is 0 Å². The van der Waals surface area contributed by atoms with Crippen LogP contribution in [0.2, 0.25) is 0 Å². The highest BCUT2D eigenvalue weighted by Crippen LogP contribution is 2.37. The van der Waals surface area contributed by atoms with E-state index >= 15 is 0 Å². The van der Waals surface area contributed by atoms with Gasteiger partial charge in [0.05, 0.1) is 11.8 Å². The molecule has 2 aliphatic rings. The predicted molar refractivity (Wildman–Crippen MR) is 69.1 cm³/mol. The van der Waals surface area contributed by atoms with Crippen molar-refractivity contribution in [3.8, 4) is 6.07 Å². The van der Waals surface area contributed by atoms with Gasteiger partial charge in [0.1, 0.15) is 6.07 Å². The Hall–Kier alpha value is -1.63. The van der Waals surface area contributed by atoms with E-state index in [0.717, 1.165) is 18.3 Å². The molecule has 0 radical (unpaired) electrons. The molecular formula is C14H18N4. The van der Waals surface area contributed by atoms with E-state index < -0.39 is 0 Å². The van der Waals surface area contributed by atoms with E-state index in [-0.39, 0.29) is 0 Å². The molecular weight excluding hydrogens is 224 g/mol. The molecule has 1 aliphatic carbocycles. The molecule has 1 aromatic heterocycles. The Labute approximate surface area is 108 Å². The number of nitrogens with zero attached hydrogens (tertiary/aromatic N) is 4. The number of hydrogen-bond donors (Lipinski definition) is 0. The summed E-state index contributed by atoms with van der Waals surface area (Å²) >= 11 is 0. The van der Waals surface area contributed by atoms with Crippen molar-refractivity contribution in [3.63, 3.8) is 0 Å². The topological polar surface area (TPSA) is 52.8 Å². The highest BCUT2D eigenvalue weighted by Gasteiger charge is 2.34. The molecule has 1 saturated heterocycles. The Kier molecular flexibility index (Phi) is 3.14. The lowest BCUT2D eigenvalue weighted by molar-refractivity contribution is 0.242. The zero-order valence-electron chi connectivity index (χ0n) is 10.5. The first kappa shape index (κ1) is 11.5. The van der Waals surface area contributed by atoms with E-state index in [1.165, 1.54) is 38.5 Å². The fourth-order valence-corrected chi connectivity index (χ4v) is 3.51. The van der Waals surface area contributed by atoms with Crippen LogP contribution in [0.1, 0.15) is 44.1 Å². The van der Waals surface area contributed by atoms with Gasteiger partial charge in [0, 0.05) is 12.6 Å². The van der Waals surface area contributed by atoms with Gasteiger partial charge in [-0.15, -0.1) is 5.10 Å². The van der Waals surface area contributed by atoms with Gasteiger partial charge in [-0.2, -0.15) is 10.4 Å². The molecule has 3 rings (SSSR count). The van der Waals surface area contributed by atoms with E-state index in [9.17, 15) is 5.26 Å². The van der Waals surface area contributed by atoms with Gasteiger partial charge in [0.2, 0.25) is 0 Å². The van der Waals surface area contributed by atoms with Gasteiger partial charge in [0.15, 0.2) is 5.82 Å². The van der Waals surface area contributed by atoms with Crippen molar-refractivity contribution in [1.29, 1.82) is 5.26 Å². The van der Waals surface area contributed by atoms with Crippen LogP contribution < -0.4 is 4.90 Å². The van der Waals surface area contributed by atoms with Gasteiger partial charge >= 0.3 is 0 Å². The van der Waals surface area contributed by atoms with Gasteiger partial charge < -0.3 is 4.90 Å². The molecule has 0 N–H and O–H groups in total. The Morgan fingerprint density at radius 3 is 2.94 bits per heavy atom. The molecule has 1 saturated carbocycles. The van der Waals surface area contributed by atoms with Crippen LogP contribution in [-0.4, -0.2) is 22.8 Å². The molecule has 2 heterocycles. The van der Waals surface area contributed by atoms with Crippen LogP contribution in [0.25, 0.3) is 0 Å². The molecule has 2 unspecified atom stereocenters. The minimum Gasteiger partial charge on any atom is -0.351 e. The summed E-state index contributed by atoms with van der Waals surface area (Å²) < 4.78 is 0. The second-order valence-corrected chi connectivity index (χ2v) is 5.33. The van der Waals surface area contributed by atoms with Gasteiger partial charge in [-0.05, 0) is 37.7 Å². The Morgan fingerprint density at radius 2 is 2.06 bits per heavy atom. The number of aromatic nitrogens is 2. The van der Waals surface area contributed by atoms with E-state index in [4.69, 9.17) is 0 Å². The van der Waals surface area contributed by atoms with Crippen molar-refractivity contribution in [2.45, 2.75) is 44.6 Å². The third kappa shape index (κ3) is 1.94. The molecule has 0 spiro atoms. The molecule has 0 amide bonds. The number of piperidine rings is 1. The summed E-state index contributed by atoms with van der Waals surface area (Å²) in [7, 11) is 0. The third-order valence-electron chi connectivity index (χ3n) is 4.34. The summed E-state index contributed by atoms with van der Waals surface area (Å²) in [4.78, 5) is 2.35. The van der Waals surface area contributed by atoms with Gasteiger partial charge in [-0.25, -0.2) is 0 Å². The molecule has 0 aromatic carbocycles. The van der Waals surface area contributed by atoms with Crippen LogP contribution >= 0.6 is 0 Å². The van der Waals surface area contributed by atoms with E-state index in [1.54, 1.807) is 12.3 Å². The van der Waals surface area contributed by atoms with Crippen LogP contribution in [0.4, 0.5) is 5.82 Å². The van der Waals surface area contributed by atoms with Crippen LogP contribution in [0.15, 0.2) is 12.3 Å². The maximum Gasteiger partial charge on any atom is 0.169 e. The first-order valence-corrected chi connectivity index (χ1v) is 6.88. The monoisotopic (exact) mass is 242 g/mol. The minimum atomic E-state index is 0.580. The third-order valence-corrected chi connectivity index (χ3v) is 4.34. The number of nitriles is 1. The second kappa shape index (κ2) is 4.93. The van der Waals surface area contributed by atoms with Gasteiger partial charge in [-0.1, -0.05) is 12.8 Å². The fourth-order valence-electron chi connectivity index (χ4n) is 3.51. The molecule has 4 heteroatoms. The second-order valence-electron chi connectivity index (χ2n) is 5.33. The lowest BCUT2D eigenvalue weighted by Gasteiger charge is -2.44. The molecule has 2 fully saturated rings. The highest BCUT2D eigenvalue weighted by atomic mass is 15.3. The quantitative estimate of drug-likeness (QED) is 0.759. The summed E-state index contributed by atoms with van der Waals surface area (Å²) in [6.07, 6.45) is 9.39. The number of hydrogen-bond acceptors (Lipinski definition) is 4. The van der Waals surface area contributed by atoms with Crippen molar-refractivity contribution in [3.05, 3.63) is 17.8 Å². The van der Waals surface area contributed by atoms with Crippen LogP contribution in [-0.2, 0) is 0 Å². The smallest absolute Gasteiger partial charge is 0.169 e. The minimum absolute atomic E-state index is 0.580. The highest BCUT2D eigenvalue weighted by molar-refractivity contribution is 5.53. The number of anilines is 1. The van der Waals surface area contributed by atoms with E-state index in [0.29, 0.717) is 11.6 Å². The summed E-state index contributed by atoms with van der Waals surface area (Å²) in [6.45, 7) is 1.02. The maximum absolute atomic E-state index is 9.20. The summed E-state index contributed by atoms with van der Waals surface area (Å²) in [5.74, 6) is 1.60. The number of fused-ring (bicyclic) bond motifs is 1. The standard InChI is InChI=1S/C14H18N4/c15-10-12-7-8-16-17-14(12)18-9-3-5-11-4-1-2-6-13(11)18/h7-8,11,13H,1-6,9H2. The molecule has 2 atom stereocenters. The molecule has 1 aromatic rings. The largest absolute Gasteiger partial charge is 0.351 e. The summed E-state index contributed by atoms with van der Waals surface area (Å²) in [5, 5.41) is 17.4. The molecule has 1 aliphatic heterocycles. The van der Waals surface area contributed by atoms with Crippen LogP contribution in [0.3, 0.4) is 0 Å². The SMILES string of the molecule is N#Cc1ccnnc1N1CCCC2CCCCC21. The summed E-state index contributed by atoms with van der Waals surface area (Å²) in [5.41, 5.74) is 0.663. The first-order chi connectivity index (χ1) is 8.90. The average Bonchev–Trinajstić information content (AvgIpc) is 2.46. The first-order valence-electron chi connectivity index (χ1n) is 6.88. The lowest BCUT2D eigenvalue weighted by atomic mass is 9.78. The van der Waals surface area contributed by atoms with Crippen molar-refractivity contribution in [2.24, 2.45) is 5.92 Å². The van der Waals surface area contributed by atoms with Crippen molar-refractivity contribution >= 4 is 5.82 Å². The lowest BCUT2D eigenvalue weighted by Crippen LogP contribution is -2.47. The van der Waals surface area contributed by atoms with Crippen molar-refractivity contribution in [2.75, 3.05) is 11.4 Å². The van der Waals surface area contributed by atoms with Gasteiger partial charge in [-0.3, -0.25) is 0 Å².